The molecule has 20 heavy (non-hydrogen) atoms. The highest BCUT2D eigenvalue weighted by Gasteiger charge is 2.15. The van der Waals surface area contributed by atoms with Crippen LogP contribution in [0.1, 0.15) is 40.9 Å². The van der Waals surface area contributed by atoms with E-state index in [0.717, 1.165) is 5.56 Å². The van der Waals surface area contributed by atoms with Gasteiger partial charge in [-0.2, -0.15) is 0 Å². The van der Waals surface area contributed by atoms with Crippen molar-refractivity contribution in [3.05, 3.63) is 59.5 Å². The molecule has 0 aliphatic rings. The highest BCUT2D eigenvalue weighted by molar-refractivity contribution is 5.84. The first-order chi connectivity index (χ1) is 9.58. The number of aromatic carboxylic acids is 1. The molecule has 1 heterocycles. The number of carbonyl (C=O) groups is 1. The Morgan fingerprint density at radius 1 is 1.25 bits per heavy atom. The zero-order valence-corrected chi connectivity index (χ0v) is 11.1. The number of aliphatic hydroxyl groups excluding tert-OH is 1. The lowest BCUT2D eigenvalue weighted by molar-refractivity contribution is 0.0659. The molecule has 2 atom stereocenters. The van der Waals surface area contributed by atoms with Crippen LogP contribution in [-0.4, -0.2) is 22.7 Å². The van der Waals surface area contributed by atoms with E-state index >= 15 is 0 Å². The molecular formula is C15H17NO4. The molecule has 0 aliphatic heterocycles. The van der Waals surface area contributed by atoms with Crippen molar-refractivity contribution in [2.45, 2.75) is 19.1 Å². The largest absolute Gasteiger partial charge is 0.475 e. The average molecular weight is 275 g/mol. The van der Waals surface area contributed by atoms with Crippen LogP contribution < -0.4 is 5.32 Å². The maximum atomic E-state index is 10.7. The van der Waals surface area contributed by atoms with E-state index in [0.29, 0.717) is 12.3 Å². The summed E-state index contributed by atoms with van der Waals surface area (Å²) in [5.74, 6) is -0.646. The molecule has 0 aliphatic carbocycles. The molecular weight excluding hydrogens is 258 g/mol. The number of carboxylic acids is 1. The number of furan rings is 1. The van der Waals surface area contributed by atoms with E-state index in [-0.39, 0.29) is 11.8 Å². The van der Waals surface area contributed by atoms with Crippen molar-refractivity contribution in [3.8, 4) is 0 Å². The molecule has 0 radical (unpaired) electrons. The quantitative estimate of drug-likeness (QED) is 0.754. The van der Waals surface area contributed by atoms with Crippen molar-refractivity contribution in [1.29, 1.82) is 0 Å². The Hall–Kier alpha value is -2.11. The average Bonchev–Trinajstić information content (AvgIpc) is 2.95. The van der Waals surface area contributed by atoms with Gasteiger partial charge in [-0.3, -0.25) is 0 Å². The van der Waals surface area contributed by atoms with E-state index in [1.165, 1.54) is 6.07 Å². The first-order valence-corrected chi connectivity index (χ1v) is 6.37. The molecule has 0 saturated carbocycles. The van der Waals surface area contributed by atoms with Crippen molar-refractivity contribution < 1.29 is 19.4 Å². The number of aliphatic hydroxyl groups is 1. The molecule has 0 spiro atoms. The standard InChI is InChI=1S/C15H17NO4/c1-10(13-7-8-14(20-13)15(18)19)16-9-12(17)11-5-3-2-4-6-11/h2-8,10,12,16-17H,9H2,1H3,(H,18,19). The third-order valence-corrected chi connectivity index (χ3v) is 3.07. The molecule has 5 nitrogen and oxygen atoms in total. The van der Waals surface area contributed by atoms with Crippen molar-refractivity contribution in [2.75, 3.05) is 6.54 Å². The van der Waals surface area contributed by atoms with E-state index in [1.54, 1.807) is 6.07 Å². The van der Waals surface area contributed by atoms with E-state index in [4.69, 9.17) is 9.52 Å². The number of carboxylic acid groups (broad SMARTS) is 1. The zero-order valence-electron chi connectivity index (χ0n) is 11.1. The monoisotopic (exact) mass is 275 g/mol. The lowest BCUT2D eigenvalue weighted by Crippen LogP contribution is -2.24. The first-order valence-electron chi connectivity index (χ1n) is 6.37. The summed E-state index contributed by atoms with van der Waals surface area (Å²) in [5, 5.41) is 21.9. The summed E-state index contributed by atoms with van der Waals surface area (Å²) < 4.78 is 5.20. The summed E-state index contributed by atoms with van der Waals surface area (Å²) in [6.07, 6.45) is -0.618. The smallest absolute Gasteiger partial charge is 0.371 e. The van der Waals surface area contributed by atoms with E-state index in [1.807, 2.05) is 37.3 Å². The van der Waals surface area contributed by atoms with Crippen LogP contribution in [0.3, 0.4) is 0 Å². The van der Waals surface area contributed by atoms with Gasteiger partial charge >= 0.3 is 5.97 Å². The summed E-state index contributed by atoms with van der Waals surface area (Å²) in [4.78, 5) is 10.7. The van der Waals surface area contributed by atoms with Crippen LogP contribution in [0.5, 0.6) is 0 Å². The highest BCUT2D eigenvalue weighted by Crippen LogP contribution is 2.18. The second-order valence-electron chi connectivity index (χ2n) is 4.56. The normalized spacial score (nSPS) is 13.9. The van der Waals surface area contributed by atoms with Crippen molar-refractivity contribution in [3.63, 3.8) is 0 Å². The Balaban J connectivity index is 1.91. The minimum Gasteiger partial charge on any atom is -0.475 e. The third-order valence-electron chi connectivity index (χ3n) is 3.07. The predicted octanol–water partition coefficient (Wildman–Crippen LogP) is 2.36. The van der Waals surface area contributed by atoms with Gasteiger partial charge in [0.05, 0.1) is 12.1 Å². The van der Waals surface area contributed by atoms with Gasteiger partial charge in [-0.05, 0) is 24.6 Å². The Labute approximate surface area is 116 Å². The topological polar surface area (TPSA) is 82.7 Å². The van der Waals surface area contributed by atoms with Crippen molar-refractivity contribution in [2.24, 2.45) is 0 Å². The summed E-state index contributed by atoms with van der Waals surface area (Å²) >= 11 is 0. The van der Waals surface area contributed by atoms with Gasteiger partial charge in [-0.25, -0.2) is 4.79 Å². The second kappa shape index (κ2) is 6.36. The second-order valence-corrected chi connectivity index (χ2v) is 4.56. The SMILES string of the molecule is CC(NCC(O)c1ccccc1)c1ccc(C(=O)O)o1. The van der Waals surface area contributed by atoms with Gasteiger partial charge < -0.3 is 19.9 Å². The van der Waals surface area contributed by atoms with Crippen LogP contribution in [-0.2, 0) is 0 Å². The highest BCUT2D eigenvalue weighted by atomic mass is 16.4. The number of hydrogen-bond acceptors (Lipinski definition) is 4. The molecule has 1 aromatic carbocycles. The Bertz CT molecular complexity index is 564. The maximum absolute atomic E-state index is 10.7. The molecule has 0 fully saturated rings. The fourth-order valence-electron chi connectivity index (χ4n) is 1.88. The summed E-state index contributed by atoms with van der Waals surface area (Å²) in [6.45, 7) is 2.20. The fourth-order valence-corrected chi connectivity index (χ4v) is 1.88. The van der Waals surface area contributed by atoms with Gasteiger partial charge in [0, 0.05) is 6.54 Å². The molecule has 3 N–H and O–H groups in total. The van der Waals surface area contributed by atoms with Gasteiger partial charge in [-0.1, -0.05) is 30.3 Å². The molecule has 2 aromatic rings. The van der Waals surface area contributed by atoms with Crippen LogP contribution in [0.15, 0.2) is 46.9 Å². The number of hydrogen-bond donors (Lipinski definition) is 3. The van der Waals surface area contributed by atoms with Crippen molar-refractivity contribution >= 4 is 5.97 Å². The van der Waals surface area contributed by atoms with Crippen molar-refractivity contribution in [1.82, 2.24) is 5.32 Å². The number of benzene rings is 1. The van der Waals surface area contributed by atoms with Crippen LogP contribution in [0.2, 0.25) is 0 Å². The van der Waals surface area contributed by atoms with E-state index in [9.17, 15) is 9.90 Å². The lowest BCUT2D eigenvalue weighted by Gasteiger charge is -2.15. The van der Waals surface area contributed by atoms with Crippen LogP contribution in [0, 0.1) is 0 Å². The first kappa shape index (κ1) is 14.3. The van der Waals surface area contributed by atoms with Crippen LogP contribution in [0.4, 0.5) is 0 Å². The molecule has 2 unspecified atom stereocenters. The Kier molecular flexibility index (Phi) is 4.55. The third kappa shape index (κ3) is 3.46. The Morgan fingerprint density at radius 2 is 1.95 bits per heavy atom. The van der Waals surface area contributed by atoms with E-state index < -0.39 is 12.1 Å². The zero-order chi connectivity index (χ0) is 14.5. The molecule has 5 heteroatoms. The van der Waals surface area contributed by atoms with E-state index in [2.05, 4.69) is 5.32 Å². The number of rotatable bonds is 6. The van der Waals surface area contributed by atoms with Crippen LogP contribution >= 0.6 is 0 Å². The molecule has 1 aromatic heterocycles. The van der Waals surface area contributed by atoms with Gasteiger partial charge in [0.2, 0.25) is 5.76 Å². The molecule has 0 saturated heterocycles. The van der Waals surface area contributed by atoms with Gasteiger partial charge in [0.1, 0.15) is 5.76 Å². The molecule has 0 amide bonds. The van der Waals surface area contributed by atoms with Gasteiger partial charge in [-0.15, -0.1) is 0 Å². The summed E-state index contributed by atoms with van der Waals surface area (Å²) in [6, 6.07) is 12.2. The summed E-state index contributed by atoms with van der Waals surface area (Å²) in [5.41, 5.74) is 0.831. The Morgan fingerprint density at radius 3 is 2.55 bits per heavy atom. The minimum atomic E-state index is -1.09. The molecule has 0 bridgehead atoms. The maximum Gasteiger partial charge on any atom is 0.371 e. The summed E-state index contributed by atoms with van der Waals surface area (Å²) in [7, 11) is 0. The molecule has 2 rings (SSSR count). The van der Waals surface area contributed by atoms with Gasteiger partial charge in [0.15, 0.2) is 0 Å². The molecule has 106 valence electrons. The van der Waals surface area contributed by atoms with Crippen LogP contribution in [0.25, 0.3) is 0 Å². The lowest BCUT2D eigenvalue weighted by atomic mass is 10.1. The minimum absolute atomic E-state index is 0.0859. The predicted molar refractivity (Wildman–Crippen MR) is 73.5 cm³/mol. The van der Waals surface area contributed by atoms with Gasteiger partial charge in [0.25, 0.3) is 0 Å². The number of nitrogens with one attached hydrogen (secondary N) is 1. The fraction of sp³-hybridized carbons (Fsp3) is 0.267.